The van der Waals surface area contributed by atoms with Crippen LogP contribution >= 0.6 is 0 Å². The fourth-order valence-electron chi connectivity index (χ4n) is 3.26. The highest BCUT2D eigenvalue weighted by Crippen LogP contribution is 2.29. The molecule has 2 N–H and O–H groups in total. The summed E-state index contributed by atoms with van der Waals surface area (Å²) in [6.45, 7) is 9.27. The van der Waals surface area contributed by atoms with Gasteiger partial charge in [0.1, 0.15) is 5.60 Å². The molecule has 8 heteroatoms. The molecule has 3 rings (SSSR count). The Labute approximate surface area is 188 Å². The summed E-state index contributed by atoms with van der Waals surface area (Å²) in [7, 11) is 1.56. The highest BCUT2D eigenvalue weighted by molar-refractivity contribution is 5.66. The molecule has 0 aliphatic carbocycles. The SMILES string of the molecule is COc1ccc(-n2nc(C(C)(C)O)cc2-c2ccc(CN(C(=O)O)C(C)(C)C)cc2)cn1. The lowest BCUT2D eigenvalue weighted by Crippen LogP contribution is -2.44. The van der Waals surface area contributed by atoms with Crippen LogP contribution in [0.1, 0.15) is 45.9 Å². The third kappa shape index (κ3) is 5.08. The number of aromatic nitrogens is 3. The van der Waals surface area contributed by atoms with Gasteiger partial charge in [-0.1, -0.05) is 24.3 Å². The van der Waals surface area contributed by atoms with Crippen LogP contribution in [0.3, 0.4) is 0 Å². The van der Waals surface area contributed by atoms with E-state index >= 15 is 0 Å². The fraction of sp³-hybridized carbons (Fsp3) is 0.375. The first-order chi connectivity index (χ1) is 14.9. The monoisotopic (exact) mass is 438 g/mol. The third-order valence-electron chi connectivity index (χ3n) is 5.14. The number of pyridine rings is 1. The zero-order valence-electron chi connectivity index (χ0n) is 19.3. The molecule has 0 unspecified atom stereocenters. The Morgan fingerprint density at radius 1 is 1.09 bits per heavy atom. The van der Waals surface area contributed by atoms with E-state index < -0.39 is 17.2 Å². The van der Waals surface area contributed by atoms with E-state index in [4.69, 9.17) is 4.74 Å². The summed E-state index contributed by atoms with van der Waals surface area (Å²) in [5.74, 6) is 0.497. The van der Waals surface area contributed by atoms with Gasteiger partial charge in [0.15, 0.2) is 0 Å². The molecule has 2 aromatic heterocycles. The van der Waals surface area contributed by atoms with Crippen molar-refractivity contribution in [2.75, 3.05) is 7.11 Å². The zero-order chi connectivity index (χ0) is 23.7. The van der Waals surface area contributed by atoms with Crippen LogP contribution < -0.4 is 4.74 Å². The number of nitrogens with zero attached hydrogens (tertiary/aromatic N) is 4. The molecule has 0 aliphatic rings. The van der Waals surface area contributed by atoms with Gasteiger partial charge >= 0.3 is 6.09 Å². The van der Waals surface area contributed by atoms with Gasteiger partial charge in [-0.3, -0.25) is 4.90 Å². The number of amides is 1. The maximum atomic E-state index is 11.7. The fourth-order valence-corrected chi connectivity index (χ4v) is 3.26. The molecule has 2 heterocycles. The second-order valence-electron chi connectivity index (χ2n) is 9.18. The Hall–Kier alpha value is -3.39. The van der Waals surface area contributed by atoms with Crippen LogP contribution in [0.25, 0.3) is 16.9 Å². The normalized spacial score (nSPS) is 12.0. The average Bonchev–Trinajstić information content (AvgIpc) is 3.17. The Bertz CT molecular complexity index is 1080. The molecule has 0 radical (unpaired) electrons. The summed E-state index contributed by atoms with van der Waals surface area (Å²) in [6, 6.07) is 13.1. The molecule has 0 aliphatic heterocycles. The zero-order valence-corrected chi connectivity index (χ0v) is 19.3. The topological polar surface area (TPSA) is 101 Å². The van der Waals surface area contributed by atoms with Crippen molar-refractivity contribution in [2.24, 2.45) is 0 Å². The molecule has 0 saturated carbocycles. The number of carbonyl (C=O) groups is 1. The second-order valence-corrected chi connectivity index (χ2v) is 9.18. The highest BCUT2D eigenvalue weighted by Gasteiger charge is 2.26. The van der Waals surface area contributed by atoms with Gasteiger partial charge in [-0.2, -0.15) is 5.10 Å². The van der Waals surface area contributed by atoms with Crippen molar-refractivity contribution in [1.82, 2.24) is 19.7 Å². The third-order valence-corrected chi connectivity index (χ3v) is 5.14. The Kier molecular flexibility index (Phi) is 6.27. The van der Waals surface area contributed by atoms with Crippen molar-refractivity contribution in [3.8, 4) is 22.8 Å². The first-order valence-corrected chi connectivity index (χ1v) is 10.3. The van der Waals surface area contributed by atoms with Gasteiger partial charge in [0.05, 0.1) is 30.4 Å². The lowest BCUT2D eigenvalue weighted by molar-refractivity contribution is 0.0734. The molecule has 0 fully saturated rings. The number of hydrogen-bond acceptors (Lipinski definition) is 5. The van der Waals surface area contributed by atoms with E-state index in [1.165, 1.54) is 4.90 Å². The quantitative estimate of drug-likeness (QED) is 0.590. The molecule has 1 aromatic carbocycles. The average molecular weight is 439 g/mol. The molecule has 0 bridgehead atoms. The van der Waals surface area contributed by atoms with Crippen molar-refractivity contribution in [2.45, 2.75) is 52.3 Å². The standard InChI is InChI=1S/C24H30N4O4/c1-23(2,3)27(22(29)30)15-16-7-9-17(10-8-16)19-13-20(24(4,5)31)26-28(19)18-11-12-21(32-6)25-14-18/h7-14,31H,15H2,1-6H3,(H,29,30). The van der Waals surface area contributed by atoms with E-state index in [1.54, 1.807) is 37.9 Å². The van der Waals surface area contributed by atoms with Gasteiger partial charge < -0.3 is 14.9 Å². The predicted octanol–water partition coefficient (Wildman–Crippen LogP) is 4.45. The molecule has 0 atom stereocenters. The lowest BCUT2D eigenvalue weighted by Gasteiger charge is -2.33. The van der Waals surface area contributed by atoms with Crippen LogP contribution in [0.2, 0.25) is 0 Å². The molecular formula is C24H30N4O4. The van der Waals surface area contributed by atoms with Gasteiger partial charge in [0.25, 0.3) is 0 Å². The first-order valence-electron chi connectivity index (χ1n) is 10.3. The number of carboxylic acid groups (broad SMARTS) is 1. The van der Waals surface area contributed by atoms with Crippen molar-refractivity contribution < 1.29 is 19.7 Å². The van der Waals surface area contributed by atoms with Crippen molar-refractivity contribution in [1.29, 1.82) is 0 Å². The molecule has 8 nitrogen and oxygen atoms in total. The maximum Gasteiger partial charge on any atom is 0.408 e. The molecule has 32 heavy (non-hydrogen) atoms. The molecule has 0 saturated heterocycles. The van der Waals surface area contributed by atoms with E-state index in [1.807, 2.05) is 57.2 Å². The number of methoxy groups -OCH3 is 1. The van der Waals surface area contributed by atoms with Crippen molar-refractivity contribution in [3.05, 3.63) is 59.9 Å². The van der Waals surface area contributed by atoms with Gasteiger partial charge in [0, 0.05) is 23.7 Å². The van der Waals surface area contributed by atoms with Gasteiger partial charge in [-0.05, 0) is 52.3 Å². The summed E-state index contributed by atoms with van der Waals surface area (Å²) in [6.07, 6.45) is 0.702. The Morgan fingerprint density at radius 3 is 2.22 bits per heavy atom. The summed E-state index contributed by atoms with van der Waals surface area (Å²) in [5.41, 5.74) is 2.17. The van der Waals surface area contributed by atoms with E-state index in [2.05, 4.69) is 10.1 Å². The predicted molar refractivity (Wildman–Crippen MR) is 122 cm³/mol. The smallest absolute Gasteiger partial charge is 0.408 e. The van der Waals surface area contributed by atoms with Gasteiger partial charge in [-0.15, -0.1) is 0 Å². The van der Waals surface area contributed by atoms with Crippen LogP contribution in [-0.2, 0) is 12.1 Å². The Balaban J connectivity index is 1.99. The van der Waals surface area contributed by atoms with Crippen LogP contribution in [-0.4, -0.2) is 48.6 Å². The maximum absolute atomic E-state index is 11.7. The minimum atomic E-state index is -1.12. The first kappa shape index (κ1) is 23.3. The molecule has 0 spiro atoms. The van der Waals surface area contributed by atoms with E-state index in [9.17, 15) is 15.0 Å². The van der Waals surface area contributed by atoms with Crippen molar-refractivity contribution >= 4 is 6.09 Å². The number of rotatable bonds is 6. The highest BCUT2D eigenvalue weighted by atomic mass is 16.5. The number of benzene rings is 1. The summed E-state index contributed by atoms with van der Waals surface area (Å²) in [4.78, 5) is 17.3. The van der Waals surface area contributed by atoms with Crippen LogP contribution in [0.15, 0.2) is 48.7 Å². The largest absolute Gasteiger partial charge is 0.481 e. The van der Waals surface area contributed by atoms with Gasteiger partial charge in [0.2, 0.25) is 5.88 Å². The Morgan fingerprint density at radius 2 is 1.75 bits per heavy atom. The van der Waals surface area contributed by atoms with E-state index in [0.29, 0.717) is 11.6 Å². The van der Waals surface area contributed by atoms with E-state index in [-0.39, 0.29) is 6.54 Å². The number of aliphatic hydroxyl groups is 1. The molecule has 1 amide bonds. The minimum absolute atomic E-state index is 0.287. The lowest BCUT2D eigenvalue weighted by atomic mass is 10.0. The van der Waals surface area contributed by atoms with E-state index in [0.717, 1.165) is 22.5 Å². The minimum Gasteiger partial charge on any atom is -0.481 e. The summed E-state index contributed by atoms with van der Waals surface area (Å²) < 4.78 is 6.87. The summed E-state index contributed by atoms with van der Waals surface area (Å²) >= 11 is 0. The molecular weight excluding hydrogens is 408 g/mol. The van der Waals surface area contributed by atoms with Crippen LogP contribution in [0.5, 0.6) is 5.88 Å². The molecule has 170 valence electrons. The van der Waals surface area contributed by atoms with Crippen molar-refractivity contribution in [3.63, 3.8) is 0 Å². The summed E-state index contributed by atoms with van der Waals surface area (Å²) in [5, 5.41) is 24.7. The molecule has 3 aromatic rings. The number of ether oxygens (including phenoxy) is 1. The second kappa shape index (κ2) is 8.63. The van der Waals surface area contributed by atoms with Crippen LogP contribution in [0, 0.1) is 0 Å². The number of hydrogen-bond donors (Lipinski definition) is 2. The van der Waals surface area contributed by atoms with Crippen LogP contribution in [0.4, 0.5) is 4.79 Å². The van der Waals surface area contributed by atoms with Gasteiger partial charge in [-0.25, -0.2) is 14.5 Å².